The first-order valence-electron chi connectivity index (χ1n) is 9.79. The quantitative estimate of drug-likeness (QED) is 0.637. The number of piperidine rings is 1. The van der Waals surface area contributed by atoms with E-state index < -0.39 is 0 Å². The zero-order chi connectivity index (χ0) is 21.5. The molecule has 0 aromatic heterocycles. The van der Waals surface area contributed by atoms with Crippen molar-refractivity contribution in [3.8, 4) is 11.5 Å². The van der Waals surface area contributed by atoms with Crippen molar-refractivity contribution in [3.05, 3.63) is 46.9 Å². The van der Waals surface area contributed by atoms with E-state index >= 15 is 0 Å². The Morgan fingerprint density at radius 3 is 2.37 bits per heavy atom. The van der Waals surface area contributed by atoms with Gasteiger partial charge in [0, 0.05) is 27.8 Å². The maximum absolute atomic E-state index is 12.5. The summed E-state index contributed by atoms with van der Waals surface area (Å²) in [6.07, 6.45) is 1.45. The van der Waals surface area contributed by atoms with Crippen molar-refractivity contribution in [1.29, 1.82) is 0 Å². The molecule has 2 amide bonds. The van der Waals surface area contributed by atoms with E-state index in [9.17, 15) is 9.59 Å². The number of halogens is 1. The average molecular weight is 476 g/mol. The predicted octanol–water partition coefficient (Wildman–Crippen LogP) is 3.76. The summed E-state index contributed by atoms with van der Waals surface area (Å²) in [5.74, 6) is 1.06. The van der Waals surface area contributed by atoms with E-state index in [4.69, 9.17) is 9.47 Å². The molecular weight excluding hydrogens is 450 g/mol. The van der Waals surface area contributed by atoms with Crippen molar-refractivity contribution in [2.45, 2.75) is 12.8 Å². The minimum absolute atomic E-state index is 0.0301. The predicted molar refractivity (Wildman–Crippen MR) is 120 cm³/mol. The minimum Gasteiger partial charge on any atom is -0.493 e. The first-order valence-corrected chi connectivity index (χ1v) is 10.6. The fourth-order valence-electron chi connectivity index (χ4n) is 3.48. The third-order valence-electron chi connectivity index (χ3n) is 5.09. The molecule has 0 saturated carbocycles. The van der Waals surface area contributed by atoms with Gasteiger partial charge in [0.2, 0.25) is 11.8 Å². The van der Waals surface area contributed by atoms with Crippen LogP contribution in [-0.2, 0) is 9.59 Å². The first-order chi connectivity index (χ1) is 14.5. The number of hydrogen-bond donors (Lipinski definition) is 2. The maximum Gasteiger partial charge on any atom is 0.238 e. The summed E-state index contributed by atoms with van der Waals surface area (Å²) >= 11 is 3.41. The molecule has 30 heavy (non-hydrogen) atoms. The van der Waals surface area contributed by atoms with E-state index in [2.05, 4.69) is 31.5 Å². The van der Waals surface area contributed by atoms with Gasteiger partial charge in [-0.25, -0.2) is 0 Å². The number of ether oxygens (including phenoxy) is 2. The molecule has 1 fully saturated rings. The van der Waals surface area contributed by atoms with Crippen LogP contribution in [0.1, 0.15) is 12.8 Å². The van der Waals surface area contributed by atoms with Gasteiger partial charge in [-0.05, 0) is 56.3 Å². The number of anilines is 2. The lowest BCUT2D eigenvalue weighted by Gasteiger charge is -2.30. The SMILES string of the molecule is COc1ccc(NC(=O)CN2CCC(C(=O)Nc3cccc(Br)c3)CC2)cc1OC. The van der Waals surface area contributed by atoms with Gasteiger partial charge in [0.1, 0.15) is 0 Å². The minimum atomic E-state index is -0.0979. The highest BCUT2D eigenvalue weighted by atomic mass is 79.9. The molecule has 8 heteroatoms. The van der Waals surface area contributed by atoms with Crippen LogP contribution in [0.15, 0.2) is 46.9 Å². The Bertz CT molecular complexity index is 898. The van der Waals surface area contributed by atoms with Crippen molar-refractivity contribution >= 4 is 39.1 Å². The number of hydrogen-bond acceptors (Lipinski definition) is 5. The van der Waals surface area contributed by atoms with Crippen LogP contribution in [0.25, 0.3) is 0 Å². The first kappa shape index (κ1) is 22.1. The van der Waals surface area contributed by atoms with Gasteiger partial charge in [0.15, 0.2) is 11.5 Å². The van der Waals surface area contributed by atoms with Crippen LogP contribution in [-0.4, -0.2) is 50.6 Å². The molecule has 1 heterocycles. The van der Waals surface area contributed by atoms with E-state index in [1.165, 1.54) is 0 Å². The second-order valence-corrected chi connectivity index (χ2v) is 8.08. The number of rotatable bonds is 7. The van der Waals surface area contributed by atoms with Gasteiger partial charge < -0.3 is 20.1 Å². The number of amides is 2. The largest absolute Gasteiger partial charge is 0.493 e. The summed E-state index contributed by atoms with van der Waals surface area (Å²) in [7, 11) is 3.12. The van der Waals surface area contributed by atoms with E-state index in [1.54, 1.807) is 32.4 Å². The number of nitrogens with one attached hydrogen (secondary N) is 2. The van der Waals surface area contributed by atoms with E-state index in [-0.39, 0.29) is 24.3 Å². The second-order valence-electron chi connectivity index (χ2n) is 7.17. The molecule has 1 aliphatic rings. The number of benzene rings is 2. The van der Waals surface area contributed by atoms with Gasteiger partial charge in [-0.1, -0.05) is 22.0 Å². The summed E-state index contributed by atoms with van der Waals surface area (Å²) in [5.41, 5.74) is 1.44. The van der Waals surface area contributed by atoms with Crippen LogP contribution in [0.5, 0.6) is 11.5 Å². The zero-order valence-electron chi connectivity index (χ0n) is 17.1. The van der Waals surface area contributed by atoms with E-state index in [0.717, 1.165) is 23.0 Å². The molecule has 160 valence electrons. The Morgan fingerprint density at radius 2 is 1.70 bits per heavy atom. The van der Waals surface area contributed by atoms with Gasteiger partial charge in [-0.3, -0.25) is 14.5 Å². The molecule has 3 rings (SSSR count). The lowest BCUT2D eigenvalue weighted by molar-refractivity contribution is -0.121. The molecule has 1 saturated heterocycles. The van der Waals surface area contributed by atoms with E-state index in [0.29, 0.717) is 30.3 Å². The molecule has 0 atom stereocenters. The molecule has 0 aliphatic carbocycles. The molecule has 1 aliphatic heterocycles. The van der Waals surface area contributed by atoms with Gasteiger partial charge in [0.25, 0.3) is 0 Å². The Balaban J connectivity index is 1.46. The fourth-order valence-corrected chi connectivity index (χ4v) is 3.88. The lowest BCUT2D eigenvalue weighted by atomic mass is 9.96. The molecule has 7 nitrogen and oxygen atoms in total. The summed E-state index contributed by atoms with van der Waals surface area (Å²) in [6, 6.07) is 12.8. The normalized spacial score (nSPS) is 14.8. The summed E-state index contributed by atoms with van der Waals surface area (Å²) in [6.45, 7) is 1.69. The van der Waals surface area contributed by atoms with Crippen molar-refractivity contribution in [2.75, 3.05) is 44.5 Å². The summed E-state index contributed by atoms with van der Waals surface area (Å²) < 4.78 is 11.4. The second kappa shape index (κ2) is 10.4. The standard InChI is InChI=1S/C22H26BrN3O4/c1-29-19-7-6-18(13-20(19)30-2)24-21(27)14-26-10-8-15(9-11-26)22(28)25-17-5-3-4-16(23)12-17/h3-7,12-13,15H,8-11,14H2,1-2H3,(H,24,27)(H,25,28). The van der Waals surface area contributed by atoms with Crippen molar-refractivity contribution in [3.63, 3.8) is 0 Å². The van der Waals surface area contributed by atoms with Crippen LogP contribution in [0.2, 0.25) is 0 Å². The number of carbonyl (C=O) groups excluding carboxylic acids is 2. The average Bonchev–Trinajstić information content (AvgIpc) is 2.74. The van der Waals surface area contributed by atoms with Gasteiger partial charge in [0.05, 0.1) is 20.8 Å². The molecule has 0 unspecified atom stereocenters. The highest BCUT2D eigenvalue weighted by molar-refractivity contribution is 9.10. The highest BCUT2D eigenvalue weighted by Crippen LogP contribution is 2.29. The van der Waals surface area contributed by atoms with E-state index in [1.807, 2.05) is 24.3 Å². The molecule has 0 radical (unpaired) electrons. The lowest BCUT2D eigenvalue weighted by Crippen LogP contribution is -2.41. The fraction of sp³-hybridized carbons (Fsp3) is 0.364. The number of carbonyl (C=O) groups is 2. The molecule has 2 N–H and O–H groups in total. The number of nitrogens with zero attached hydrogens (tertiary/aromatic N) is 1. The Kier molecular flexibility index (Phi) is 7.70. The third-order valence-corrected chi connectivity index (χ3v) is 5.58. The van der Waals surface area contributed by atoms with Gasteiger partial charge >= 0.3 is 0 Å². The highest BCUT2D eigenvalue weighted by Gasteiger charge is 2.26. The van der Waals surface area contributed by atoms with Crippen molar-refractivity contribution in [1.82, 2.24) is 4.90 Å². The topological polar surface area (TPSA) is 79.9 Å². The molecule has 0 bridgehead atoms. The molecule has 2 aromatic carbocycles. The Morgan fingerprint density at radius 1 is 1.00 bits per heavy atom. The number of likely N-dealkylation sites (tertiary alicyclic amines) is 1. The third kappa shape index (κ3) is 5.96. The van der Waals surface area contributed by atoms with Crippen LogP contribution < -0.4 is 20.1 Å². The van der Waals surface area contributed by atoms with Crippen LogP contribution in [0.3, 0.4) is 0 Å². The molecule has 2 aromatic rings. The maximum atomic E-state index is 12.5. The summed E-state index contributed by atoms with van der Waals surface area (Å²) in [5, 5.41) is 5.86. The van der Waals surface area contributed by atoms with Crippen molar-refractivity contribution in [2.24, 2.45) is 5.92 Å². The monoisotopic (exact) mass is 475 g/mol. The smallest absolute Gasteiger partial charge is 0.238 e. The number of methoxy groups -OCH3 is 2. The Labute approximate surface area is 184 Å². The summed E-state index contributed by atoms with van der Waals surface area (Å²) in [4.78, 5) is 27.0. The van der Waals surface area contributed by atoms with Crippen molar-refractivity contribution < 1.29 is 19.1 Å². The molecular formula is C22H26BrN3O4. The Hall–Kier alpha value is -2.58. The van der Waals surface area contributed by atoms with Gasteiger partial charge in [-0.2, -0.15) is 0 Å². The van der Waals surface area contributed by atoms with Crippen LogP contribution >= 0.6 is 15.9 Å². The van der Waals surface area contributed by atoms with Crippen LogP contribution in [0, 0.1) is 5.92 Å². The molecule has 0 spiro atoms. The van der Waals surface area contributed by atoms with Crippen LogP contribution in [0.4, 0.5) is 11.4 Å². The zero-order valence-corrected chi connectivity index (χ0v) is 18.7. The van der Waals surface area contributed by atoms with Gasteiger partial charge in [-0.15, -0.1) is 0 Å².